The molecule has 0 amide bonds. The van der Waals surface area contributed by atoms with Gasteiger partial charge in [-0.1, -0.05) is 120 Å². The van der Waals surface area contributed by atoms with Gasteiger partial charge in [-0.3, -0.25) is 4.79 Å². The van der Waals surface area contributed by atoms with Crippen LogP contribution in [-0.2, 0) is 17.6 Å². The van der Waals surface area contributed by atoms with E-state index >= 15 is 0 Å². The van der Waals surface area contributed by atoms with Gasteiger partial charge >= 0.3 is 0 Å². The van der Waals surface area contributed by atoms with Gasteiger partial charge in [0.25, 0.3) is 0 Å². The van der Waals surface area contributed by atoms with E-state index in [-0.39, 0.29) is 11.5 Å². The van der Waals surface area contributed by atoms with Gasteiger partial charge in [-0.25, -0.2) is 4.58 Å². The normalized spacial score (nSPS) is 20.3. The van der Waals surface area contributed by atoms with E-state index in [4.69, 9.17) is 0 Å². The van der Waals surface area contributed by atoms with E-state index in [1.165, 1.54) is 161 Å². The maximum atomic E-state index is 14.8. The molecule has 326 valence electrons. The zero-order valence-corrected chi connectivity index (χ0v) is 40.3. The smallest absolute Gasteiger partial charge is 0.243 e. The summed E-state index contributed by atoms with van der Waals surface area (Å²) in [5.74, 6) is 3.13. The fraction of sp³-hybridized carbons (Fsp3) is 0.769. The molecule has 1 aromatic rings. The standard InChI is InChI=1S/C52H84N2O2S2/c1-9-17-25-37(13-5)33-53(34-38(14-6)26-18-10-2)51-43-31-23-21-29-41(43)49(57-51)45-47(55)46(48(45)56)50-42-30-22-24-32-44(42)52(58-50)54(35-39(15-7)27-19-11-3)36-40(16-8)28-20-12-4/h37-40H,9-36H2,1-8H3/p+1. The third-order valence-electron chi connectivity index (χ3n) is 14.4. The Labute approximate surface area is 364 Å². The lowest BCUT2D eigenvalue weighted by atomic mass is 9.80. The molecule has 5 rings (SSSR count). The van der Waals surface area contributed by atoms with Crippen LogP contribution in [0.1, 0.15) is 213 Å². The molecular formula is C52H85N2O2S2+. The number of unbranched alkanes of at least 4 members (excludes halogenated alkanes) is 4. The number of nitrogens with zero attached hydrogens (tertiary/aromatic N) is 2. The number of thioether (sulfide) groups is 1. The van der Waals surface area contributed by atoms with Crippen molar-refractivity contribution in [1.82, 2.24) is 0 Å². The van der Waals surface area contributed by atoms with E-state index in [1.54, 1.807) is 0 Å². The van der Waals surface area contributed by atoms with Crippen LogP contribution in [-0.4, -0.2) is 46.7 Å². The number of carbonyl (C=O) groups excluding carboxylic acids is 1. The Morgan fingerprint density at radius 2 is 1.07 bits per heavy atom. The van der Waals surface area contributed by atoms with E-state index < -0.39 is 0 Å². The third-order valence-corrected chi connectivity index (χ3v) is 17.1. The maximum absolute atomic E-state index is 14.8. The Hall–Kier alpha value is -1.79. The first-order valence-electron chi connectivity index (χ1n) is 24.9. The SMILES string of the molecule is CCCCC(CC)CN(CC(CC)CCCC)c1sc(C2=C(O)/C(=C3/SC(=[N+](CC(CC)CCCC)CC(CC)CCCC)C4=C3CCCC4)C2=O)c2c1CCCC2. The topological polar surface area (TPSA) is 43.5 Å². The van der Waals surface area contributed by atoms with Gasteiger partial charge in [-0.2, -0.15) is 0 Å². The molecule has 0 saturated heterocycles. The van der Waals surface area contributed by atoms with Gasteiger partial charge in [-0.05, 0) is 130 Å². The molecule has 6 heteroatoms. The second kappa shape index (κ2) is 24.0. The number of fused-ring (bicyclic) bond motifs is 1. The fourth-order valence-electron chi connectivity index (χ4n) is 10.4. The second-order valence-electron chi connectivity index (χ2n) is 18.7. The summed E-state index contributed by atoms with van der Waals surface area (Å²) in [5.41, 5.74) is 7.02. The number of hydrogen-bond acceptors (Lipinski definition) is 5. The van der Waals surface area contributed by atoms with Crippen molar-refractivity contribution in [3.05, 3.63) is 43.4 Å². The van der Waals surface area contributed by atoms with Crippen LogP contribution in [0.25, 0.3) is 5.57 Å². The van der Waals surface area contributed by atoms with Crippen molar-refractivity contribution < 1.29 is 14.5 Å². The average Bonchev–Trinajstić information content (AvgIpc) is 3.81. The van der Waals surface area contributed by atoms with Crippen LogP contribution in [0.4, 0.5) is 5.00 Å². The number of thiophene rings is 1. The van der Waals surface area contributed by atoms with Gasteiger partial charge < -0.3 is 10.0 Å². The van der Waals surface area contributed by atoms with Crippen LogP contribution in [0.15, 0.2) is 27.4 Å². The lowest BCUT2D eigenvalue weighted by Gasteiger charge is -2.33. The summed E-state index contributed by atoms with van der Waals surface area (Å²) >= 11 is 3.73. The lowest BCUT2D eigenvalue weighted by Crippen LogP contribution is -2.34. The van der Waals surface area contributed by atoms with Crippen molar-refractivity contribution in [3.63, 3.8) is 0 Å². The number of rotatable bonds is 26. The fourth-order valence-corrected chi connectivity index (χ4v) is 13.3. The summed E-state index contributed by atoms with van der Waals surface area (Å²) in [6, 6.07) is 0. The molecule has 58 heavy (non-hydrogen) atoms. The van der Waals surface area contributed by atoms with E-state index in [1.807, 2.05) is 23.1 Å². The van der Waals surface area contributed by atoms with Crippen LogP contribution in [0.3, 0.4) is 0 Å². The molecule has 0 fully saturated rings. The first kappa shape index (κ1) is 47.3. The molecule has 1 aromatic heterocycles. The summed E-state index contributed by atoms with van der Waals surface area (Å²) in [7, 11) is 0. The van der Waals surface area contributed by atoms with Gasteiger partial charge in [-0.15, -0.1) is 11.3 Å². The number of aliphatic hydroxyl groups excluding tert-OH is 1. The molecule has 4 unspecified atom stereocenters. The van der Waals surface area contributed by atoms with Crippen LogP contribution >= 0.6 is 23.1 Å². The largest absolute Gasteiger partial charge is 0.506 e. The van der Waals surface area contributed by atoms with E-state index in [0.29, 0.717) is 34.8 Å². The van der Waals surface area contributed by atoms with Gasteiger partial charge in [0.05, 0.1) is 16.1 Å². The first-order chi connectivity index (χ1) is 28.3. The molecule has 0 aromatic carbocycles. The Balaban J connectivity index is 1.57. The monoisotopic (exact) mass is 834 g/mol. The first-order valence-corrected chi connectivity index (χ1v) is 26.6. The van der Waals surface area contributed by atoms with Gasteiger partial charge in [0, 0.05) is 40.3 Å². The van der Waals surface area contributed by atoms with Crippen LogP contribution < -0.4 is 4.90 Å². The molecule has 1 N–H and O–H groups in total. The van der Waals surface area contributed by atoms with Crippen LogP contribution in [0, 0.1) is 23.7 Å². The Morgan fingerprint density at radius 3 is 1.55 bits per heavy atom. The molecule has 4 atom stereocenters. The molecular weight excluding hydrogens is 749 g/mol. The predicted molar refractivity (Wildman–Crippen MR) is 256 cm³/mol. The van der Waals surface area contributed by atoms with Crippen molar-refractivity contribution in [1.29, 1.82) is 0 Å². The van der Waals surface area contributed by atoms with Crippen molar-refractivity contribution in [2.24, 2.45) is 23.7 Å². The maximum Gasteiger partial charge on any atom is 0.243 e. The molecule has 2 heterocycles. The van der Waals surface area contributed by atoms with Gasteiger partial charge in [0.15, 0.2) is 0 Å². The van der Waals surface area contributed by atoms with E-state index in [0.717, 1.165) is 61.6 Å². The predicted octanol–water partition coefficient (Wildman–Crippen LogP) is 15.4. The Kier molecular flexibility index (Phi) is 19.6. The van der Waals surface area contributed by atoms with Gasteiger partial charge in [0.1, 0.15) is 18.8 Å². The molecule has 0 spiro atoms. The van der Waals surface area contributed by atoms with Crippen molar-refractivity contribution in [2.75, 3.05) is 31.1 Å². The quantitative estimate of drug-likeness (QED) is 0.0746. The highest BCUT2D eigenvalue weighted by Crippen LogP contribution is 2.54. The summed E-state index contributed by atoms with van der Waals surface area (Å²) in [6.45, 7) is 23.2. The number of aliphatic hydroxyl groups is 1. The molecule has 1 aliphatic heterocycles. The zero-order valence-electron chi connectivity index (χ0n) is 38.7. The third kappa shape index (κ3) is 11.4. The van der Waals surface area contributed by atoms with E-state index in [9.17, 15) is 9.90 Å². The molecule has 0 radical (unpaired) electrons. The summed E-state index contributed by atoms with van der Waals surface area (Å²) in [4.78, 5) is 19.8. The minimum atomic E-state index is 0.102. The second-order valence-corrected chi connectivity index (χ2v) is 20.7. The average molecular weight is 834 g/mol. The Bertz CT molecular complexity index is 1590. The number of ketones is 1. The highest BCUT2D eigenvalue weighted by molar-refractivity contribution is 8.18. The zero-order chi connectivity index (χ0) is 41.6. The number of allylic oxidation sites excluding steroid dienone is 3. The minimum absolute atomic E-state index is 0.102. The summed E-state index contributed by atoms with van der Waals surface area (Å²) in [6.07, 6.45) is 29.2. The summed E-state index contributed by atoms with van der Waals surface area (Å²) < 4.78 is 2.78. The highest BCUT2D eigenvalue weighted by Gasteiger charge is 2.46. The number of anilines is 1. The minimum Gasteiger partial charge on any atom is -0.506 e. The summed E-state index contributed by atoms with van der Waals surface area (Å²) in [5, 5.41) is 15.1. The van der Waals surface area contributed by atoms with Gasteiger partial charge in [0.2, 0.25) is 10.8 Å². The van der Waals surface area contributed by atoms with Crippen LogP contribution in [0.5, 0.6) is 0 Å². The molecule has 4 aliphatic rings. The molecule has 3 aliphatic carbocycles. The van der Waals surface area contributed by atoms with Crippen molar-refractivity contribution in [3.8, 4) is 0 Å². The number of hydrogen-bond donors (Lipinski definition) is 1. The Morgan fingerprint density at radius 1 is 0.603 bits per heavy atom. The molecule has 0 bridgehead atoms. The molecule has 4 nitrogen and oxygen atoms in total. The highest BCUT2D eigenvalue weighted by atomic mass is 32.2. The van der Waals surface area contributed by atoms with E-state index in [2.05, 4.69) is 64.9 Å². The van der Waals surface area contributed by atoms with Crippen molar-refractivity contribution in [2.45, 2.75) is 209 Å². The lowest BCUT2D eigenvalue weighted by molar-refractivity contribution is -0.539. The van der Waals surface area contributed by atoms with Crippen LogP contribution in [0.2, 0.25) is 0 Å². The molecule has 0 saturated carbocycles. The number of Topliss-reactive ketones (excluding diaryl/α,β-unsaturated/α-hetero) is 1. The van der Waals surface area contributed by atoms with Crippen molar-refractivity contribution >= 4 is 44.5 Å². The number of carbonyl (C=O) groups is 1.